The van der Waals surface area contributed by atoms with Gasteiger partial charge >= 0.3 is 0 Å². The number of ketones is 1. The second-order valence-electron chi connectivity index (χ2n) is 10.2. The number of benzene rings is 2. The zero-order chi connectivity index (χ0) is 24.4. The first-order valence-corrected chi connectivity index (χ1v) is 14.9. The van der Waals surface area contributed by atoms with E-state index in [1.165, 1.54) is 23.2 Å². The van der Waals surface area contributed by atoms with E-state index in [0.29, 0.717) is 25.4 Å². The zero-order valence-electron chi connectivity index (χ0n) is 21.3. The normalized spacial score (nSPS) is 14.4. The van der Waals surface area contributed by atoms with Crippen LogP contribution < -0.4 is 10.4 Å². The van der Waals surface area contributed by atoms with Gasteiger partial charge in [-0.2, -0.15) is 0 Å². The van der Waals surface area contributed by atoms with Crippen molar-refractivity contribution in [2.75, 3.05) is 13.2 Å². The van der Waals surface area contributed by atoms with E-state index in [9.17, 15) is 4.79 Å². The summed E-state index contributed by atoms with van der Waals surface area (Å²) in [5.41, 5.74) is 0. The molecule has 1 aliphatic rings. The highest BCUT2D eigenvalue weighted by molar-refractivity contribution is 7.04. The molecule has 0 radical (unpaired) electrons. The van der Waals surface area contributed by atoms with E-state index in [1.807, 2.05) is 6.08 Å². The van der Waals surface area contributed by atoms with E-state index in [1.54, 1.807) is 6.08 Å². The molecule has 3 nitrogen and oxygen atoms in total. The second-order valence-corrected chi connectivity index (χ2v) is 15.2. The monoisotopic (exact) mass is 476 g/mol. The Morgan fingerprint density at radius 3 is 1.97 bits per heavy atom. The summed E-state index contributed by atoms with van der Waals surface area (Å²) in [6, 6.07) is 22.8. The Bertz CT molecular complexity index is 932. The summed E-state index contributed by atoms with van der Waals surface area (Å²) < 4.78 is 12.1. The molecule has 182 valence electrons. The van der Waals surface area contributed by atoms with Crippen molar-refractivity contribution < 1.29 is 14.3 Å². The van der Waals surface area contributed by atoms with Crippen LogP contribution in [0.3, 0.4) is 0 Å². The van der Waals surface area contributed by atoms with Gasteiger partial charge in [-0.05, 0) is 17.5 Å². The minimum Gasteiger partial charge on any atom is -0.497 e. The van der Waals surface area contributed by atoms with Gasteiger partial charge in [0.05, 0.1) is 19.6 Å². The molecular formula is C30H40O3Si. The van der Waals surface area contributed by atoms with Crippen molar-refractivity contribution in [2.24, 2.45) is 0 Å². The first-order chi connectivity index (χ1) is 16.4. The SMILES string of the molecule is CCCCCCOC1=CC(OCC[Si](c2ccccc2)(c2ccccc2)C(C)(C)C)=CC(=O)C1. The molecule has 2 aromatic carbocycles. The molecule has 0 aromatic heterocycles. The van der Waals surface area contributed by atoms with Crippen LogP contribution in [-0.2, 0) is 14.3 Å². The van der Waals surface area contributed by atoms with Crippen molar-refractivity contribution in [1.82, 2.24) is 0 Å². The first-order valence-electron chi connectivity index (χ1n) is 12.7. The molecular weight excluding hydrogens is 436 g/mol. The first kappa shape index (κ1) is 26.0. The quantitative estimate of drug-likeness (QED) is 0.262. The lowest BCUT2D eigenvalue weighted by Crippen LogP contribution is -2.64. The van der Waals surface area contributed by atoms with Gasteiger partial charge in [-0.25, -0.2) is 0 Å². The topological polar surface area (TPSA) is 35.5 Å². The van der Waals surface area contributed by atoms with Gasteiger partial charge in [0.15, 0.2) is 5.78 Å². The Morgan fingerprint density at radius 1 is 0.794 bits per heavy atom. The highest BCUT2D eigenvalue weighted by atomic mass is 28.3. The van der Waals surface area contributed by atoms with Crippen LogP contribution in [0.15, 0.2) is 84.3 Å². The van der Waals surface area contributed by atoms with Crippen molar-refractivity contribution >= 4 is 24.2 Å². The van der Waals surface area contributed by atoms with Crippen molar-refractivity contribution in [3.05, 3.63) is 84.3 Å². The van der Waals surface area contributed by atoms with Gasteiger partial charge in [0, 0.05) is 12.2 Å². The van der Waals surface area contributed by atoms with Crippen LogP contribution in [0.1, 0.15) is 59.8 Å². The minimum atomic E-state index is -2.19. The average molecular weight is 477 g/mol. The molecule has 0 amide bonds. The fourth-order valence-corrected chi connectivity index (χ4v) is 10.3. The Morgan fingerprint density at radius 2 is 1.41 bits per heavy atom. The Hall–Kier alpha value is -2.59. The number of unbranched alkanes of at least 4 members (excludes halogenated alkanes) is 3. The third-order valence-electron chi connectivity index (χ3n) is 6.80. The predicted molar refractivity (Wildman–Crippen MR) is 144 cm³/mol. The standard InChI is InChI=1S/C30H40O3Si/c1-5-6-7-14-19-32-26-22-25(31)23-27(24-26)33-20-21-34(30(2,3)4,28-15-10-8-11-16-28)29-17-12-9-13-18-29/h8-13,15-18,23-24H,5-7,14,19-22H2,1-4H3. The summed E-state index contributed by atoms with van der Waals surface area (Å²) in [6.07, 6.45) is 8.46. The van der Waals surface area contributed by atoms with Gasteiger partial charge in [0.2, 0.25) is 0 Å². The third-order valence-corrected chi connectivity index (χ3v) is 13.0. The molecule has 0 unspecified atom stereocenters. The fourth-order valence-electron chi connectivity index (χ4n) is 5.00. The van der Waals surface area contributed by atoms with Gasteiger partial charge < -0.3 is 9.47 Å². The second kappa shape index (κ2) is 12.2. The number of carbonyl (C=O) groups excluding carboxylic acids is 1. The Balaban J connectivity index is 1.76. The molecule has 0 N–H and O–H groups in total. The van der Waals surface area contributed by atoms with Crippen LogP contribution in [0.25, 0.3) is 0 Å². The van der Waals surface area contributed by atoms with E-state index in [-0.39, 0.29) is 10.8 Å². The van der Waals surface area contributed by atoms with Crippen molar-refractivity contribution in [3.8, 4) is 0 Å². The molecule has 0 fully saturated rings. The molecule has 0 saturated heterocycles. The number of rotatable bonds is 12. The van der Waals surface area contributed by atoms with Gasteiger partial charge in [-0.3, -0.25) is 4.79 Å². The van der Waals surface area contributed by atoms with Crippen LogP contribution >= 0.6 is 0 Å². The zero-order valence-corrected chi connectivity index (χ0v) is 22.3. The Kier molecular flexibility index (Phi) is 9.34. The van der Waals surface area contributed by atoms with E-state index >= 15 is 0 Å². The largest absolute Gasteiger partial charge is 0.497 e. The number of hydrogen-bond donors (Lipinski definition) is 0. The molecule has 0 spiro atoms. The summed E-state index contributed by atoms with van der Waals surface area (Å²) in [6.45, 7) is 10.5. The van der Waals surface area contributed by atoms with Crippen molar-refractivity contribution in [1.29, 1.82) is 0 Å². The fraction of sp³-hybridized carbons (Fsp3) is 0.433. The number of carbonyl (C=O) groups is 1. The van der Waals surface area contributed by atoms with Crippen molar-refractivity contribution in [2.45, 2.75) is 70.9 Å². The lowest BCUT2D eigenvalue weighted by molar-refractivity contribution is -0.115. The van der Waals surface area contributed by atoms with E-state index in [4.69, 9.17) is 9.47 Å². The molecule has 3 rings (SSSR count). The number of hydrogen-bond acceptors (Lipinski definition) is 3. The van der Waals surface area contributed by atoms with Crippen LogP contribution in [0.2, 0.25) is 11.1 Å². The number of ether oxygens (including phenoxy) is 2. The molecule has 4 heteroatoms. The molecule has 2 aromatic rings. The van der Waals surface area contributed by atoms with E-state index < -0.39 is 8.07 Å². The maximum absolute atomic E-state index is 12.3. The summed E-state index contributed by atoms with van der Waals surface area (Å²) in [5, 5.41) is 2.91. The summed E-state index contributed by atoms with van der Waals surface area (Å²) in [4.78, 5) is 12.3. The summed E-state index contributed by atoms with van der Waals surface area (Å²) in [5.74, 6) is 1.40. The average Bonchev–Trinajstić information content (AvgIpc) is 2.82. The smallest absolute Gasteiger partial charge is 0.166 e. The maximum Gasteiger partial charge on any atom is 0.166 e. The molecule has 0 bridgehead atoms. The van der Waals surface area contributed by atoms with Gasteiger partial charge in [-0.1, -0.05) is 118 Å². The van der Waals surface area contributed by atoms with Crippen LogP contribution in [0.4, 0.5) is 0 Å². The molecule has 0 atom stereocenters. The highest BCUT2D eigenvalue weighted by Crippen LogP contribution is 2.38. The molecule has 1 aliphatic carbocycles. The molecule has 0 heterocycles. The highest BCUT2D eigenvalue weighted by Gasteiger charge is 2.47. The summed E-state index contributed by atoms with van der Waals surface area (Å²) >= 11 is 0. The maximum atomic E-state index is 12.3. The minimum absolute atomic E-state index is 0.0477. The lowest BCUT2D eigenvalue weighted by Gasteiger charge is -2.44. The van der Waals surface area contributed by atoms with Gasteiger partial charge in [0.25, 0.3) is 0 Å². The third kappa shape index (κ3) is 6.50. The van der Waals surface area contributed by atoms with Gasteiger partial charge in [0.1, 0.15) is 19.6 Å². The molecule has 0 saturated carbocycles. The van der Waals surface area contributed by atoms with E-state index in [2.05, 4.69) is 88.4 Å². The van der Waals surface area contributed by atoms with Crippen LogP contribution in [0.5, 0.6) is 0 Å². The van der Waals surface area contributed by atoms with E-state index in [0.717, 1.165) is 24.6 Å². The van der Waals surface area contributed by atoms with Crippen molar-refractivity contribution in [3.63, 3.8) is 0 Å². The predicted octanol–water partition coefficient (Wildman–Crippen LogP) is 6.40. The molecule has 0 aliphatic heterocycles. The molecule has 34 heavy (non-hydrogen) atoms. The van der Waals surface area contributed by atoms with Crippen LogP contribution in [-0.4, -0.2) is 27.1 Å². The Labute approximate surface area is 206 Å². The lowest BCUT2D eigenvalue weighted by atomic mass is 10.1. The van der Waals surface area contributed by atoms with Gasteiger partial charge in [-0.15, -0.1) is 0 Å². The summed E-state index contributed by atoms with van der Waals surface area (Å²) in [7, 11) is -2.19. The number of allylic oxidation sites excluding steroid dienone is 3. The van der Waals surface area contributed by atoms with Crippen LogP contribution in [0, 0.1) is 0 Å².